The summed E-state index contributed by atoms with van der Waals surface area (Å²) in [4.78, 5) is 16.7. The Morgan fingerprint density at radius 1 is 1.14 bits per heavy atom. The summed E-state index contributed by atoms with van der Waals surface area (Å²) in [7, 11) is 0. The predicted molar refractivity (Wildman–Crippen MR) is 109 cm³/mol. The summed E-state index contributed by atoms with van der Waals surface area (Å²) in [5.74, 6) is 2.20. The summed E-state index contributed by atoms with van der Waals surface area (Å²) in [6, 6.07) is 15.0. The summed E-state index contributed by atoms with van der Waals surface area (Å²) >= 11 is 0. The Balaban J connectivity index is 1.47. The van der Waals surface area contributed by atoms with E-state index < -0.39 is 0 Å². The molecule has 2 aromatic heterocycles. The first-order valence-electron chi connectivity index (χ1n) is 9.69. The van der Waals surface area contributed by atoms with Crippen LogP contribution in [0.3, 0.4) is 0 Å². The molecule has 5 nitrogen and oxygen atoms in total. The standard InChI is InChI=1S/C23H21FN4O/c1-14-21(12-25-15(2)26-14)29-13-23(16-6-4-3-5-7-16)11-18(23)22-27-19-9-8-17(24)10-20(19)28-22/h3-10,12,18H,11,13H2,1-2H3,(H,27,28)/t18-,23+/m0/s1. The molecule has 0 saturated heterocycles. The number of imidazole rings is 1. The van der Waals surface area contributed by atoms with E-state index in [1.165, 1.54) is 17.7 Å². The van der Waals surface area contributed by atoms with E-state index in [4.69, 9.17) is 9.72 Å². The molecule has 146 valence electrons. The van der Waals surface area contributed by atoms with Crippen LogP contribution in [0, 0.1) is 19.7 Å². The molecule has 2 aromatic carbocycles. The van der Waals surface area contributed by atoms with E-state index in [2.05, 4.69) is 27.1 Å². The van der Waals surface area contributed by atoms with Crippen molar-refractivity contribution in [3.05, 3.63) is 83.5 Å². The number of nitrogens with one attached hydrogen (secondary N) is 1. The highest BCUT2D eigenvalue weighted by atomic mass is 19.1. The largest absolute Gasteiger partial charge is 0.489 e. The normalized spacial score (nSPS) is 20.7. The monoisotopic (exact) mass is 388 g/mol. The molecule has 1 N–H and O–H groups in total. The molecule has 29 heavy (non-hydrogen) atoms. The van der Waals surface area contributed by atoms with Crippen LogP contribution in [-0.2, 0) is 5.41 Å². The van der Waals surface area contributed by atoms with Crippen molar-refractivity contribution in [3.8, 4) is 5.75 Å². The Morgan fingerprint density at radius 3 is 2.76 bits per heavy atom. The van der Waals surface area contributed by atoms with Gasteiger partial charge in [-0.25, -0.2) is 19.3 Å². The van der Waals surface area contributed by atoms with Gasteiger partial charge in [-0.05, 0) is 44.0 Å². The van der Waals surface area contributed by atoms with Crippen molar-refractivity contribution in [3.63, 3.8) is 0 Å². The molecule has 0 radical (unpaired) electrons. The maximum Gasteiger partial charge on any atom is 0.158 e. The molecule has 0 amide bonds. The lowest BCUT2D eigenvalue weighted by molar-refractivity contribution is 0.269. The highest BCUT2D eigenvalue weighted by Crippen LogP contribution is 2.60. The topological polar surface area (TPSA) is 63.7 Å². The average Bonchev–Trinajstić information content (AvgIpc) is 3.31. The molecule has 0 bridgehead atoms. The number of ether oxygens (including phenoxy) is 1. The van der Waals surface area contributed by atoms with E-state index in [0.717, 1.165) is 34.8 Å². The van der Waals surface area contributed by atoms with Crippen LogP contribution in [-0.4, -0.2) is 26.5 Å². The number of hydrogen-bond donors (Lipinski definition) is 1. The van der Waals surface area contributed by atoms with Gasteiger partial charge in [-0.2, -0.15) is 0 Å². The first-order valence-corrected chi connectivity index (χ1v) is 9.69. The minimum Gasteiger partial charge on any atom is -0.489 e. The smallest absolute Gasteiger partial charge is 0.158 e. The Labute approximate surface area is 168 Å². The van der Waals surface area contributed by atoms with E-state index in [1.807, 2.05) is 32.0 Å². The fourth-order valence-corrected chi connectivity index (χ4v) is 4.08. The highest BCUT2D eigenvalue weighted by molar-refractivity contribution is 5.75. The van der Waals surface area contributed by atoms with Crippen LogP contribution < -0.4 is 4.74 Å². The van der Waals surface area contributed by atoms with Gasteiger partial charge in [0.15, 0.2) is 5.75 Å². The van der Waals surface area contributed by atoms with Gasteiger partial charge in [0.2, 0.25) is 0 Å². The fourth-order valence-electron chi connectivity index (χ4n) is 4.08. The van der Waals surface area contributed by atoms with E-state index in [-0.39, 0.29) is 17.2 Å². The quantitative estimate of drug-likeness (QED) is 0.542. The Morgan fingerprint density at radius 2 is 1.97 bits per heavy atom. The maximum absolute atomic E-state index is 13.6. The number of H-pyrrole nitrogens is 1. The van der Waals surface area contributed by atoms with Crippen molar-refractivity contribution in [1.82, 2.24) is 19.9 Å². The van der Waals surface area contributed by atoms with Gasteiger partial charge in [0.25, 0.3) is 0 Å². The molecule has 5 rings (SSSR count). The summed E-state index contributed by atoms with van der Waals surface area (Å²) in [6.07, 6.45) is 2.64. The summed E-state index contributed by atoms with van der Waals surface area (Å²) in [5.41, 5.74) is 3.35. The highest BCUT2D eigenvalue weighted by Gasteiger charge is 2.58. The molecule has 2 heterocycles. The number of nitrogens with zero attached hydrogens (tertiary/aromatic N) is 3. The molecular weight excluding hydrogens is 367 g/mol. The number of rotatable bonds is 5. The van der Waals surface area contributed by atoms with Crippen LogP contribution in [0.2, 0.25) is 0 Å². The second kappa shape index (κ2) is 6.65. The minimum atomic E-state index is -0.268. The second-order valence-electron chi connectivity index (χ2n) is 7.72. The Kier molecular flexibility index (Phi) is 4.08. The van der Waals surface area contributed by atoms with Gasteiger partial charge in [-0.15, -0.1) is 0 Å². The average molecular weight is 388 g/mol. The predicted octanol–water partition coefficient (Wildman–Crippen LogP) is 4.61. The molecule has 2 atom stereocenters. The second-order valence-corrected chi connectivity index (χ2v) is 7.72. The third-order valence-electron chi connectivity index (χ3n) is 5.76. The van der Waals surface area contributed by atoms with Crippen molar-refractivity contribution in [2.75, 3.05) is 6.61 Å². The van der Waals surface area contributed by atoms with Gasteiger partial charge in [-0.1, -0.05) is 30.3 Å². The van der Waals surface area contributed by atoms with Gasteiger partial charge >= 0.3 is 0 Å². The SMILES string of the molecule is Cc1ncc(OC[C@@]2(c3ccccc3)C[C@H]2c2nc3ccc(F)cc3[nH]2)c(C)n1. The van der Waals surface area contributed by atoms with Crippen molar-refractivity contribution < 1.29 is 9.13 Å². The van der Waals surface area contributed by atoms with Gasteiger partial charge < -0.3 is 9.72 Å². The molecule has 6 heteroatoms. The Hall–Kier alpha value is -3.28. The number of aryl methyl sites for hydroxylation is 2. The number of aromatic nitrogens is 4. The number of aromatic amines is 1. The number of benzene rings is 2. The van der Waals surface area contributed by atoms with Crippen LogP contribution in [0.25, 0.3) is 11.0 Å². The summed E-state index contributed by atoms with van der Waals surface area (Å²) in [5, 5.41) is 0. The zero-order chi connectivity index (χ0) is 20.0. The summed E-state index contributed by atoms with van der Waals surface area (Å²) in [6.45, 7) is 4.29. The third-order valence-corrected chi connectivity index (χ3v) is 5.76. The van der Waals surface area contributed by atoms with E-state index >= 15 is 0 Å². The first kappa shape index (κ1) is 17.8. The molecule has 0 aliphatic heterocycles. The van der Waals surface area contributed by atoms with Gasteiger partial charge in [-0.3, -0.25) is 0 Å². The van der Waals surface area contributed by atoms with Crippen LogP contribution in [0.15, 0.2) is 54.7 Å². The summed E-state index contributed by atoms with van der Waals surface area (Å²) < 4.78 is 19.8. The van der Waals surface area contributed by atoms with Crippen LogP contribution in [0.4, 0.5) is 4.39 Å². The van der Waals surface area contributed by atoms with Crippen molar-refractivity contribution >= 4 is 11.0 Å². The lowest BCUT2D eigenvalue weighted by atomic mass is 9.94. The van der Waals surface area contributed by atoms with Crippen molar-refractivity contribution in [2.24, 2.45) is 0 Å². The lowest BCUT2D eigenvalue weighted by Gasteiger charge is -2.19. The lowest BCUT2D eigenvalue weighted by Crippen LogP contribution is -2.21. The number of halogens is 1. The molecule has 1 fully saturated rings. The van der Waals surface area contributed by atoms with Crippen molar-refractivity contribution in [1.29, 1.82) is 0 Å². The van der Waals surface area contributed by atoms with Crippen LogP contribution in [0.1, 0.15) is 35.2 Å². The molecule has 0 unspecified atom stereocenters. The number of fused-ring (bicyclic) bond motifs is 1. The van der Waals surface area contributed by atoms with Gasteiger partial charge in [0, 0.05) is 11.3 Å². The van der Waals surface area contributed by atoms with Crippen LogP contribution >= 0.6 is 0 Å². The molecule has 0 spiro atoms. The third kappa shape index (κ3) is 3.14. The number of hydrogen-bond acceptors (Lipinski definition) is 4. The molecule has 1 aliphatic rings. The maximum atomic E-state index is 13.6. The molecule has 1 aliphatic carbocycles. The van der Waals surface area contributed by atoms with Gasteiger partial charge in [0.1, 0.15) is 17.5 Å². The molecule has 4 aromatic rings. The first-order chi connectivity index (χ1) is 14.0. The Bertz CT molecular complexity index is 1190. The molecular formula is C23H21FN4O. The van der Waals surface area contributed by atoms with Crippen LogP contribution in [0.5, 0.6) is 5.75 Å². The fraction of sp³-hybridized carbons (Fsp3) is 0.261. The minimum absolute atomic E-state index is 0.173. The van der Waals surface area contributed by atoms with E-state index in [0.29, 0.717) is 12.4 Å². The molecule has 1 saturated carbocycles. The van der Waals surface area contributed by atoms with Crippen molar-refractivity contribution in [2.45, 2.75) is 31.6 Å². The van der Waals surface area contributed by atoms with E-state index in [9.17, 15) is 4.39 Å². The zero-order valence-electron chi connectivity index (χ0n) is 16.3. The van der Waals surface area contributed by atoms with Gasteiger partial charge in [0.05, 0.1) is 29.5 Å². The zero-order valence-corrected chi connectivity index (χ0v) is 16.3. The van der Waals surface area contributed by atoms with E-state index in [1.54, 1.807) is 12.3 Å².